The maximum atomic E-state index is 6.43. The van der Waals surface area contributed by atoms with Gasteiger partial charge in [0.2, 0.25) is 0 Å². The zero-order valence-electron chi connectivity index (χ0n) is 12.3. The van der Waals surface area contributed by atoms with Gasteiger partial charge in [0, 0.05) is 27.1 Å². The van der Waals surface area contributed by atoms with Gasteiger partial charge >= 0.3 is 0 Å². The molecular formula is C15H18BrClIN3. The zero-order chi connectivity index (χ0) is 15.6. The first-order valence-electron chi connectivity index (χ1n) is 6.81. The number of likely N-dealkylation sites (N-methyl/N-ethyl adjacent to an activating group) is 1. The largest absolute Gasteiger partial charge is 0.313 e. The molecule has 0 amide bonds. The van der Waals surface area contributed by atoms with E-state index in [-0.39, 0.29) is 6.04 Å². The molecule has 0 saturated heterocycles. The van der Waals surface area contributed by atoms with Gasteiger partial charge in [-0.25, -0.2) is 0 Å². The van der Waals surface area contributed by atoms with E-state index in [1.54, 1.807) is 0 Å². The third-order valence-electron chi connectivity index (χ3n) is 3.53. The number of halogens is 3. The molecule has 2 rings (SSSR count). The van der Waals surface area contributed by atoms with Gasteiger partial charge in [-0.3, -0.25) is 4.68 Å². The fourth-order valence-corrected chi connectivity index (χ4v) is 3.71. The molecule has 0 spiro atoms. The van der Waals surface area contributed by atoms with Crippen molar-refractivity contribution in [2.24, 2.45) is 0 Å². The molecule has 0 fully saturated rings. The second kappa shape index (κ2) is 7.44. The van der Waals surface area contributed by atoms with Crippen LogP contribution in [0.15, 0.2) is 22.7 Å². The van der Waals surface area contributed by atoms with Gasteiger partial charge in [0.25, 0.3) is 0 Å². The SMILES string of the molecule is CCn1nc(C)c(Cl)c1CC(NC)c1cc(Br)ccc1I. The van der Waals surface area contributed by atoms with Crippen molar-refractivity contribution in [1.29, 1.82) is 0 Å². The smallest absolute Gasteiger partial charge is 0.0847 e. The summed E-state index contributed by atoms with van der Waals surface area (Å²) in [6.45, 7) is 4.87. The quantitative estimate of drug-likeness (QED) is 0.625. The molecular weight excluding hydrogens is 464 g/mol. The summed E-state index contributed by atoms with van der Waals surface area (Å²) in [6.07, 6.45) is 0.816. The molecule has 0 aliphatic heterocycles. The normalized spacial score (nSPS) is 12.7. The van der Waals surface area contributed by atoms with E-state index in [2.05, 4.69) is 74.1 Å². The van der Waals surface area contributed by atoms with Gasteiger partial charge in [0.1, 0.15) is 0 Å². The van der Waals surface area contributed by atoms with Crippen LogP contribution in [0.4, 0.5) is 0 Å². The fraction of sp³-hybridized carbons (Fsp3) is 0.400. The number of benzene rings is 1. The Morgan fingerprint density at radius 1 is 1.48 bits per heavy atom. The highest BCUT2D eigenvalue weighted by molar-refractivity contribution is 14.1. The standard InChI is InChI=1S/C15H18BrClIN3/c1-4-21-14(15(17)9(2)20-21)8-13(19-3)11-7-10(16)5-6-12(11)18/h5-7,13,19H,4,8H2,1-3H3. The van der Waals surface area contributed by atoms with Crippen LogP contribution in [0.5, 0.6) is 0 Å². The number of hydrogen-bond donors (Lipinski definition) is 1. The number of nitrogens with zero attached hydrogens (tertiary/aromatic N) is 2. The van der Waals surface area contributed by atoms with E-state index in [1.807, 2.05) is 18.7 Å². The molecule has 0 aliphatic carbocycles. The Balaban J connectivity index is 2.38. The first-order chi connectivity index (χ1) is 9.97. The van der Waals surface area contributed by atoms with Crippen LogP contribution in [-0.2, 0) is 13.0 Å². The maximum absolute atomic E-state index is 6.43. The average molecular weight is 483 g/mol. The second-order valence-corrected chi connectivity index (χ2v) is 7.33. The van der Waals surface area contributed by atoms with Gasteiger partial charge in [-0.05, 0) is 67.2 Å². The highest BCUT2D eigenvalue weighted by Crippen LogP contribution is 2.29. The lowest BCUT2D eigenvalue weighted by atomic mass is 10.0. The minimum Gasteiger partial charge on any atom is -0.313 e. The Morgan fingerprint density at radius 2 is 2.19 bits per heavy atom. The third kappa shape index (κ3) is 3.81. The summed E-state index contributed by atoms with van der Waals surface area (Å²) in [6, 6.07) is 6.55. The summed E-state index contributed by atoms with van der Waals surface area (Å²) in [4.78, 5) is 0. The molecule has 0 radical (unpaired) electrons. The van der Waals surface area contributed by atoms with E-state index in [1.165, 1.54) is 9.13 Å². The first-order valence-corrected chi connectivity index (χ1v) is 9.06. The Morgan fingerprint density at radius 3 is 2.81 bits per heavy atom. The second-order valence-electron chi connectivity index (χ2n) is 4.87. The number of hydrogen-bond acceptors (Lipinski definition) is 2. The summed E-state index contributed by atoms with van der Waals surface area (Å²) >= 11 is 12.4. The molecule has 1 heterocycles. The van der Waals surface area contributed by atoms with Crippen LogP contribution >= 0.6 is 50.1 Å². The molecule has 114 valence electrons. The molecule has 0 saturated carbocycles. The molecule has 21 heavy (non-hydrogen) atoms. The predicted molar refractivity (Wildman–Crippen MR) is 100 cm³/mol. The highest BCUT2D eigenvalue weighted by atomic mass is 127. The van der Waals surface area contributed by atoms with E-state index in [0.29, 0.717) is 0 Å². The van der Waals surface area contributed by atoms with Crippen molar-refractivity contribution in [3.8, 4) is 0 Å². The van der Waals surface area contributed by atoms with Gasteiger partial charge in [-0.1, -0.05) is 27.5 Å². The summed E-state index contributed by atoms with van der Waals surface area (Å²) in [5.41, 5.74) is 3.25. The Hall–Kier alpha value is -0.110. The summed E-state index contributed by atoms with van der Waals surface area (Å²) in [5.74, 6) is 0. The van der Waals surface area contributed by atoms with Crippen molar-refractivity contribution >= 4 is 50.1 Å². The molecule has 0 bridgehead atoms. The fourth-order valence-electron chi connectivity index (χ4n) is 2.41. The molecule has 3 nitrogen and oxygen atoms in total. The van der Waals surface area contributed by atoms with Crippen LogP contribution < -0.4 is 5.32 Å². The van der Waals surface area contributed by atoms with E-state index in [0.717, 1.165) is 33.8 Å². The molecule has 1 atom stereocenters. The van der Waals surface area contributed by atoms with Crippen molar-refractivity contribution in [2.45, 2.75) is 32.9 Å². The monoisotopic (exact) mass is 481 g/mol. The molecule has 0 aliphatic rings. The molecule has 1 N–H and O–H groups in total. The molecule has 1 unspecified atom stereocenters. The Kier molecular flexibility index (Phi) is 6.11. The minimum absolute atomic E-state index is 0.202. The third-order valence-corrected chi connectivity index (χ3v) is 5.50. The van der Waals surface area contributed by atoms with E-state index >= 15 is 0 Å². The summed E-state index contributed by atoms with van der Waals surface area (Å²) in [5, 5.41) is 8.67. The molecule has 2 aromatic rings. The highest BCUT2D eigenvalue weighted by Gasteiger charge is 2.20. The molecule has 1 aromatic heterocycles. The lowest BCUT2D eigenvalue weighted by Crippen LogP contribution is -2.21. The minimum atomic E-state index is 0.202. The van der Waals surface area contributed by atoms with Crippen molar-refractivity contribution in [1.82, 2.24) is 15.1 Å². The number of nitrogens with one attached hydrogen (secondary N) is 1. The lowest BCUT2D eigenvalue weighted by Gasteiger charge is -2.19. The summed E-state index contributed by atoms with van der Waals surface area (Å²) < 4.78 is 4.32. The maximum Gasteiger partial charge on any atom is 0.0847 e. The van der Waals surface area contributed by atoms with Gasteiger partial charge in [0.05, 0.1) is 16.4 Å². The number of aryl methyl sites for hydroxylation is 2. The van der Waals surface area contributed by atoms with Crippen LogP contribution in [0, 0.1) is 10.5 Å². The van der Waals surface area contributed by atoms with E-state index in [4.69, 9.17) is 11.6 Å². The van der Waals surface area contributed by atoms with E-state index < -0.39 is 0 Å². The van der Waals surface area contributed by atoms with E-state index in [9.17, 15) is 0 Å². The Bertz CT molecular complexity index is 642. The van der Waals surface area contributed by atoms with Gasteiger partial charge in [0.15, 0.2) is 0 Å². The lowest BCUT2D eigenvalue weighted by molar-refractivity contribution is 0.539. The van der Waals surface area contributed by atoms with Crippen molar-refractivity contribution < 1.29 is 0 Å². The van der Waals surface area contributed by atoms with Crippen molar-refractivity contribution in [2.75, 3.05) is 7.05 Å². The topological polar surface area (TPSA) is 29.9 Å². The van der Waals surface area contributed by atoms with Crippen LogP contribution in [0.3, 0.4) is 0 Å². The Labute approximate surface area is 152 Å². The number of rotatable bonds is 5. The molecule has 1 aromatic carbocycles. The van der Waals surface area contributed by atoms with Gasteiger partial charge < -0.3 is 5.32 Å². The van der Waals surface area contributed by atoms with Crippen LogP contribution in [-0.4, -0.2) is 16.8 Å². The first kappa shape index (κ1) is 17.2. The predicted octanol–water partition coefficient (Wildman–Crippen LogP) is 4.74. The van der Waals surface area contributed by atoms with Gasteiger partial charge in [-0.2, -0.15) is 5.10 Å². The summed E-state index contributed by atoms with van der Waals surface area (Å²) in [7, 11) is 1.98. The van der Waals surface area contributed by atoms with Crippen molar-refractivity contribution in [3.05, 3.63) is 48.2 Å². The van der Waals surface area contributed by atoms with Crippen molar-refractivity contribution in [3.63, 3.8) is 0 Å². The molecule has 6 heteroatoms. The van der Waals surface area contributed by atoms with Crippen LogP contribution in [0.2, 0.25) is 5.02 Å². The average Bonchev–Trinajstić information content (AvgIpc) is 2.74. The number of aromatic nitrogens is 2. The van der Waals surface area contributed by atoms with Crippen LogP contribution in [0.1, 0.15) is 29.9 Å². The zero-order valence-corrected chi connectivity index (χ0v) is 16.8. The van der Waals surface area contributed by atoms with Gasteiger partial charge in [-0.15, -0.1) is 0 Å². The van der Waals surface area contributed by atoms with Crippen LogP contribution in [0.25, 0.3) is 0 Å².